The summed E-state index contributed by atoms with van der Waals surface area (Å²) in [7, 11) is 0. The van der Waals surface area contributed by atoms with Crippen molar-refractivity contribution in [1.82, 2.24) is 0 Å². The summed E-state index contributed by atoms with van der Waals surface area (Å²) in [4.78, 5) is 0. The molecule has 0 saturated carbocycles. The number of hydrogen-bond acceptors (Lipinski definition) is 4. The predicted molar refractivity (Wildman–Crippen MR) is 80.2 cm³/mol. The van der Waals surface area contributed by atoms with Gasteiger partial charge < -0.3 is 19.3 Å². The van der Waals surface area contributed by atoms with Gasteiger partial charge in [-0.05, 0) is 18.9 Å². The van der Waals surface area contributed by atoms with Crippen LogP contribution in [0.2, 0.25) is 5.02 Å². The number of halogens is 1. The van der Waals surface area contributed by atoms with Crippen LogP contribution >= 0.6 is 11.6 Å². The van der Waals surface area contributed by atoms with Crippen LogP contribution in [0.1, 0.15) is 37.9 Å². The van der Waals surface area contributed by atoms with E-state index in [0.29, 0.717) is 41.9 Å². The molecule has 2 aliphatic rings. The van der Waals surface area contributed by atoms with Crippen molar-refractivity contribution in [2.75, 3.05) is 19.8 Å². The minimum atomic E-state index is -0.637. The van der Waals surface area contributed by atoms with Crippen molar-refractivity contribution in [3.8, 4) is 11.5 Å². The summed E-state index contributed by atoms with van der Waals surface area (Å²) in [6.45, 7) is 4.02. The fourth-order valence-corrected chi connectivity index (χ4v) is 3.37. The van der Waals surface area contributed by atoms with Gasteiger partial charge in [-0.15, -0.1) is 0 Å². The van der Waals surface area contributed by atoms with Crippen molar-refractivity contribution in [2.24, 2.45) is 5.92 Å². The maximum absolute atomic E-state index is 10.7. The Kier molecular flexibility index (Phi) is 4.57. The summed E-state index contributed by atoms with van der Waals surface area (Å²) in [6.07, 6.45) is 2.04. The molecule has 0 aliphatic carbocycles. The van der Waals surface area contributed by atoms with Crippen LogP contribution in [0, 0.1) is 5.92 Å². The first-order chi connectivity index (χ1) is 10.2. The molecular formula is C16H21ClO4. The van der Waals surface area contributed by atoms with Gasteiger partial charge in [-0.1, -0.05) is 18.5 Å². The molecular weight excluding hydrogens is 292 g/mol. The molecule has 0 amide bonds. The lowest BCUT2D eigenvalue weighted by molar-refractivity contribution is 0.0307. The highest BCUT2D eigenvalue weighted by atomic mass is 35.5. The molecule has 1 aromatic rings. The second-order valence-corrected chi connectivity index (χ2v) is 5.99. The molecule has 2 heterocycles. The highest BCUT2D eigenvalue weighted by Gasteiger charge is 2.35. The van der Waals surface area contributed by atoms with E-state index in [2.05, 4.69) is 6.92 Å². The van der Waals surface area contributed by atoms with Crippen molar-refractivity contribution in [3.05, 3.63) is 22.7 Å². The summed E-state index contributed by atoms with van der Waals surface area (Å²) >= 11 is 6.34. The molecule has 3 atom stereocenters. The zero-order valence-electron chi connectivity index (χ0n) is 12.2. The summed E-state index contributed by atoms with van der Waals surface area (Å²) in [5.74, 6) is 1.40. The number of benzene rings is 1. The van der Waals surface area contributed by atoms with Crippen LogP contribution < -0.4 is 9.47 Å². The highest BCUT2D eigenvalue weighted by molar-refractivity contribution is 6.31. The first-order valence-electron chi connectivity index (χ1n) is 7.59. The third-order valence-corrected chi connectivity index (χ3v) is 4.58. The quantitative estimate of drug-likeness (QED) is 0.930. The van der Waals surface area contributed by atoms with E-state index in [9.17, 15) is 5.11 Å². The topological polar surface area (TPSA) is 47.9 Å². The predicted octanol–water partition coefficient (Wildman–Crippen LogP) is 3.35. The lowest BCUT2D eigenvalue weighted by atomic mass is 9.89. The third-order valence-electron chi connectivity index (χ3n) is 4.25. The normalized spacial score (nSPS) is 26.4. The second-order valence-electron chi connectivity index (χ2n) is 5.59. The molecule has 1 N–H and O–H groups in total. The van der Waals surface area contributed by atoms with Crippen LogP contribution in [0.25, 0.3) is 0 Å². The summed E-state index contributed by atoms with van der Waals surface area (Å²) in [5.41, 5.74) is 0.704. The van der Waals surface area contributed by atoms with Gasteiger partial charge in [0.05, 0.1) is 30.4 Å². The van der Waals surface area contributed by atoms with Crippen LogP contribution in [0.15, 0.2) is 12.1 Å². The minimum absolute atomic E-state index is 0.0808. The lowest BCUT2D eigenvalue weighted by Crippen LogP contribution is -2.22. The molecule has 1 saturated heterocycles. The zero-order valence-corrected chi connectivity index (χ0v) is 12.9. The van der Waals surface area contributed by atoms with E-state index < -0.39 is 6.10 Å². The van der Waals surface area contributed by atoms with Crippen LogP contribution in [0.3, 0.4) is 0 Å². The Morgan fingerprint density at radius 2 is 1.95 bits per heavy atom. The number of fused-ring (bicyclic) bond motifs is 1. The van der Waals surface area contributed by atoms with Gasteiger partial charge in [0.1, 0.15) is 0 Å². The second kappa shape index (κ2) is 6.42. The summed E-state index contributed by atoms with van der Waals surface area (Å²) in [6, 6.07) is 3.57. The van der Waals surface area contributed by atoms with Crippen LogP contribution in [0.4, 0.5) is 0 Å². The van der Waals surface area contributed by atoms with E-state index in [0.717, 1.165) is 19.3 Å². The lowest BCUT2D eigenvalue weighted by Gasteiger charge is -2.24. The van der Waals surface area contributed by atoms with Gasteiger partial charge in [0.2, 0.25) is 0 Å². The highest BCUT2D eigenvalue weighted by Crippen LogP contribution is 2.42. The summed E-state index contributed by atoms with van der Waals surface area (Å²) in [5, 5.41) is 11.2. The van der Waals surface area contributed by atoms with Gasteiger partial charge in [-0.2, -0.15) is 0 Å². The molecule has 4 nitrogen and oxygen atoms in total. The molecule has 1 fully saturated rings. The molecule has 2 aliphatic heterocycles. The molecule has 1 aromatic carbocycles. The summed E-state index contributed by atoms with van der Waals surface area (Å²) < 4.78 is 17.0. The molecule has 5 heteroatoms. The SMILES string of the molecule is CCC1OCCC1C(O)c1cc2c(cc1Cl)OCCCO2. The van der Waals surface area contributed by atoms with E-state index in [-0.39, 0.29) is 12.0 Å². The number of ether oxygens (including phenoxy) is 3. The van der Waals surface area contributed by atoms with Gasteiger partial charge in [-0.3, -0.25) is 0 Å². The van der Waals surface area contributed by atoms with Gasteiger partial charge in [0.25, 0.3) is 0 Å². The van der Waals surface area contributed by atoms with E-state index in [4.69, 9.17) is 25.8 Å². The molecule has 0 radical (unpaired) electrons. The first-order valence-corrected chi connectivity index (χ1v) is 7.97. The monoisotopic (exact) mass is 312 g/mol. The fraction of sp³-hybridized carbons (Fsp3) is 0.625. The van der Waals surface area contributed by atoms with Gasteiger partial charge in [0.15, 0.2) is 11.5 Å². The molecule has 3 unspecified atom stereocenters. The Morgan fingerprint density at radius 3 is 2.67 bits per heavy atom. The molecule has 21 heavy (non-hydrogen) atoms. The average Bonchev–Trinajstić information content (AvgIpc) is 2.85. The van der Waals surface area contributed by atoms with Crippen molar-refractivity contribution in [3.63, 3.8) is 0 Å². The van der Waals surface area contributed by atoms with E-state index in [1.54, 1.807) is 6.07 Å². The van der Waals surface area contributed by atoms with Crippen LogP contribution in [0.5, 0.6) is 11.5 Å². The average molecular weight is 313 g/mol. The maximum Gasteiger partial charge on any atom is 0.162 e. The van der Waals surface area contributed by atoms with Crippen molar-refractivity contribution in [2.45, 2.75) is 38.4 Å². The van der Waals surface area contributed by atoms with Crippen LogP contribution in [-0.4, -0.2) is 31.0 Å². The minimum Gasteiger partial charge on any atom is -0.490 e. The number of rotatable bonds is 3. The van der Waals surface area contributed by atoms with E-state index in [1.807, 2.05) is 6.07 Å². The van der Waals surface area contributed by atoms with Gasteiger partial charge in [-0.25, -0.2) is 0 Å². The number of hydrogen-bond donors (Lipinski definition) is 1. The Hall–Kier alpha value is -0.970. The first kappa shape index (κ1) is 14.9. The zero-order chi connectivity index (χ0) is 14.8. The number of aliphatic hydroxyl groups is 1. The van der Waals surface area contributed by atoms with E-state index in [1.165, 1.54) is 0 Å². The molecule has 0 bridgehead atoms. The van der Waals surface area contributed by atoms with Gasteiger partial charge in [0, 0.05) is 30.6 Å². The molecule has 116 valence electrons. The standard InChI is InChI=1S/C16H21ClO4/c1-2-13-10(4-7-21-13)16(18)11-8-14-15(9-12(11)17)20-6-3-5-19-14/h8-10,13,16,18H,2-7H2,1H3. The van der Waals surface area contributed by atoms with Crippen LogP contribution in [-0.2, 0) is 4.74 Å². The smallest absolute Gasteiger partial charge is 0.162 e. The third kappa shape index (κ3) is 2.98. The van der Waals surface area contributed by atoms with E-state index >= 15 is 0 Å². The Balaban J connectivity index is 1.89. The van der Waals surface area contributed by atoms with Crippen molar-refractivity contribution < 1.29 is 19.3 Å². The Labute approximate surface area is 130 Å². The largest absolute Gasteiger partial charge is 0.490 e. The Morgan fingerprint density at radius 1 is 1.24 bits per heavy atom. The maximum atomic E-state index is 10.7. The van der Waals surface area contributed by atoms with Crippen molar-refractivity contribution >= 4 is 11.6 Å². The molecule has 0 spiro atoms. The fourth-order valence-electron chi connectivity index (χ4n) is 3.10. The van der Waals surface area contributed by atoms with Crippen molar-refractivity contribution in [1.29, 1.82) is 0 Å². The van der Waals surface area contributed by atoms with Gasteiger partial charge >= 0.3 is 0 Å². The number of aliphatic hydroxyl groups excluding tert-OH is 1. The Bertz CT molecular complexity index is 505. The molecule has 3 rings (SSSR count). The molecule has 0 aromatic heterocycles.